The Bertz CT molecular complexity index is 668. The highest BCUT2D eigenvalue weighted by atomic mass is 35.5. The van der Waals surface area contributed by atoms with E-state index >= 15 is 0 Å². The standard InChI is InChI=1S/C17H16ClNO4/c1-2-22-16(20)11-23-15-9-3-12(4-10-15)17(21)19-14-7-5-13(18)6-8-14/h3-10H,2,11H2,1H3,(H,19,21). The number of hydrogen-bond donors (Lipinski definition) is 1. The third-order valence-corrected chi connectivity index (χ3v) is 3.13. The molecule has 0 spiro atoms. The fourth-order valence-corrected chi connectivity index (χ4v) is 1.91. The van der Waals surface area contributed by atoms with Crippen LogP contribution in [0.15, 0.2) is 48.5 Å². The van der Waals surface area contributed by atoms with E-state index in [4.69, 9.17) is 21.1 Å². The van der Waals surface area contributed by atoms with Gasteiger partial charge in [-0.05, 0) is 55.5 Å². The first kappa shape index (κ1) is 16.8. The van der Waals surface area contributed by atoms with Crippen LogP contribution in [0.5, 0.6) is 5.75 Å². The number of carbonyl (C=O) groups excluding carboxylic acids is 2. The molecule has 2 aromatic carbocycles. The minimum Gasteiger partial charge on any atom is -0.482 e. The summed E-state index contributed by atoms with van der Waals surface area (Å²) in [6.45, 7) is 1.88. The topological polar surface area (TPSA) is 64.6 Å². The lowest BCUT2D eigenvalue weighted by Crippen LogP contribution is -2.15. The van der Waals surface area contributed by atoms with Crippen LogP contribution in [0.4, 0.5) is 5.69 Å². The van der Waals surface area contributed by atoms with Gasteiger partial charge in [0.1, 0.15) is 5.75 Å². The third kappa shape index (κ3) is 5.30. The number of nitrogens with one attached hydrogen (secondary N) is 1. The van der Waals surface area contributed by atoms with Crippen molar-refractivity contribution < 1.29 is 19.1 Å². The molecular formula is C17H16ClNO4. The van der Waals surface area contributed by atoms with Gasteiger partial charge in [0.05, 0.1) is 6.61 Å². The summed E-state index contributed by atoms with van der Waals surface area (Å²) in [5, 5.41) is 3.36. The molecule has 0 atom stereocenters. The molecule has 0 fully saturated rings. The van der Waals surface area contributed by atoms with Crippen molar-refractivity contribution in [1.29, 1.82) is 0 Å². The van der Waals surface area contributed by atoms with Gasteiger partial charge in [-0.15, -0.1) is 0 Å². The molecule has 0 saturated heterocycles. The second-order valence-electron chi connectivity index (χ2n) is 4.58. The Morgan fingerprint density at radius 1 is 1.04 bits per heavy atom. The van der Waals surface area contributed by atoms with E-state index in [1.807, 2.05) is 0 Å². The van der Waals surface area contributed by atoms with Crippen LogP contribution in [-0.2, 0) is 9.53 Å². The lowest BCUT2D eigenvalue weighted by atomic mass is 10.2. The van der Waals surface area contributed by atoms with E-state index in [9.17, 15) is 9.59 Å². The van der Waals surface area contributed by atoms with Gasteiger partial charge in [-0.2, -0.15) is 0 Å². The molecule has 0 aliphatic carbocycles. The highest BCUT2D eigenvalue weighted by Gasteiger charge is 2.07. The Labute approximate surface area is 139 Å². The molecule has 5 nitrogen and oxygen atoms in total. The van der Waals surface area contributed by atoms with Crippen LogP contribution in [-0.4, -0.2) is 25.1 Å². The van der Waals surface area contributed by atoms with E-state index in [1.54, 1.807) is 55.5 Å². The normalized spacial score (nSPS) is 10.0. The zero-order chi connectivity index (χ0) is 16.7. The number of carbonyl (C=O) groups is 2. The zero-order valence-corrected chi connectivity index (χ0v) is 13.3. The first-order valence-electron chi connectivity index (χ1n) is 7.04. The Balaban J connectivity index is 1.92. The fraction of sp³-hybridized carbons (Fsp3) is 0.176. The molecule has 0 saturated carbocycles. The maximum atomic E-state index is 12.1. The molecule has 0 aromatic heterocycles. The second kappa shape index (κ2) is 8.19. The van der Waals surface area contributed by atoms with Crippen molar-refractivity contribution in [1.82, 2.24) is 0 Å². The van der Waals surface area contributed by atoms with Crippen molar-refractivity contribution >= 4 is 29.2 Å². The Kier molecular flexibility index (Phi) is 6.00. The summed E-state index contributed by atoms with van der Waals surface area (Å²) in [4.78, 5) is 23.3. The number of amides is 1. The van der Waals surface area contributed by atoms with Gasteiger partial charge in [0.2, 0.25) is 0 Å². The molecule has 0 unspecified atom stereocenters. The van der Waals surface area contributed by atoms with Crippen molar-refractivity contribution in [2.45, 2.75) is 6.92 Å². The van der Waals surface area contributed by atoms with E-state index in [-0.39, 0.29) is 12.5 Å². The summed E-state index contributed by atoms with van der Waals surface area (Å²) >= 11 is 5.79. The molecule has 0 bridgehead atoms. The maximum absolute atomic E-state index is 12.1. The predicted molar refractivity (Wildman–Crippen MR) is 88.0 cm³/mol. The number of rotatable bonds is 6. The first-order valence-corrected chi connectivity index (χ1v) is 7.41. The molecule has 120 valence electrons. The van der Waals surface area contributed by atoms with Crippen LogP contribution >= 0.6 is 11.6 Å². The number of hydrogen-bond acceptors (Lipinski definition) is 4. The molecule has 0 radical (unpaired) electrons. The van der Waals surface area contributed by atoms with Crippen LogP contribution in [0.1, 0.15) is 17.3 Å². The quantitative estimate of drug-likeness (QED) is 0.821. The number of esters is 1. The summed E-state index contributed by atoms with van der Waals surface area (Å²) in [5.41, 5.74) is 1.13. The average Bonchev–Trinajstić information content (AvgIpc) is 2.56. The lowest BCUT2D eigenvalue weighted by molar-refractivity contribution is -0.145. The zero-order valence-electron chi connectivity index (χ0n) is 12.5. The molecule has 6 heteroatoms. The molecular weight excluding hydrogens is 318 g/mol. The van der Waals surface area contributed by atoms with Crippen molar-refractivity contribution in [3.63, 3.8) is 0 Å². The van der Waals surface area contributed by atoms with Crippen LogP contribution < -0.4 is 10.1 Å². The van der Waals surface area contributed by atoms with Crippen LogP contribution in [0, 0.1) is 0 Å². The summed E-state index contributed by atoms with van der Waals surface area (Å²) in [6, 6.07) is 13.3. The number of anilines is 1. The number of halogens is 1. The van der Waals surface area contributed by atoms with E-state index in [0.717, 1.165) is 0 Å². The maximum Gasteiger partial charge on any atom is 0.344 e. The van der Waals surface area contributed by atoms with Crippen molar-refractivity contribution in [3.05, 3.63) is 59.1 Å². The molecule has 1 N–H and O–H groups in total. The molecule has 23 heavy (non-hydrogen) atoms. The minimum absolute atomic E-state index is 0.163. The average molecular weight is 334 g/mol. The summed E-state index contributed by atoms with van der Waals surface area (Å²) in [5.74, 6) is -0.192. The highest BCUT2D eigenvalue weighted by molar-refractivity contribution is 6.30. The van der Waals surface area contributed by atoms with Crippen LogP contribution in [0.3, 0.4) is 0 Å². The lowest BCUT2D eigenvalue weighted by Gasteiger charge is -2.08. The van der Waals surface area contributed by atoms with Gasteiger partial charge >= 0.3 is 5.97 Å². The minimum atomic E-state index is -0.433. The molecule has 0 aliphatic rings. The molecule has 0 aliphatic heterocycles. The third-order valence-electron chi connectivity index (χ3n) is 2.88. The Hall–Kier alpha value is -2.53. The van der Waals surface area contributed by atoms with Crippen molar-refractivity contribution in [2.24, 2.45) is 0 Å². The van der Waals surface area contributed by atoms with Gasteiger partial charge in [0.15, 0.2) is 6.61 Å². The fourth-order valence-electron chi connectivity index (χ4n) is 1.78. The van der Waals surface area contributed by atoms with Crippen molar-refractivity contribution in [2.75, 3.05) is 18.5 Å². The summed E-state index contributed by atoms with van der Waals surface area (Å²) in [7, 11) is 0. The van der Waals surface area contributed by atoms with Gasteiger partial charge in [0, 0.05) is 16.3 Å². The molecule has 2 aromatic rings. The van der Waals surface area contributed by atoms with Gasteiger partial charge in [-0.25, -0.2) is 4.79 Å². The molecule has 2 rings (SSSR count). The van der Waals surface area contributed by atoms with E-state index in [1.165, 1.54) is 0 Å². The van der Waals surface area contributed by atoms with Crippen LogP contribution in [0.25, 0.3) is 0 Å². The van der Waals surface area contributed by atoms with Gasteiger partial charge in [-0.1, -0.05) is 11.6 Å². The van der Waals surface area contributed by atoms with Crippen LogP contribution in [0.2, 0.25) is 5.02 Å². The SMILES string of the molecule is CCOC(=O)COc1ccc(C(=O)Nc2ccc(Cl)cc2)cc1. The van der Waals surface area contributed by atoms with Gasteiger partial charge < -0.3 is 14.8 Å². The first-order chi connectivity index (χ1) is 11.1. The number of ether oxygens (including phenoxy) is 2. The predicted octanol–water partition coefficient (Wildman–Crippen LogP) is 3.53. The Morgan fingerprint density at radius 3 is 2.30 bits per heavy atom. The van der Waals surface area contributed by atoms with E-state index < -0.39 is 5.97 Å². The van der Waals surface area contributed by atoms with E-state index in [2.05, 4.69) is 5.32 Å². The summed E-state index contributed by atoms with van der Waals surface area (Å²) in [6.07, 6.45) is 0. The van der Waals surface area contributed by atoms with E-state index in [0.29, 0.717) is 28.6 Å². The van der Waals surface area contributed by atoms with Gasteiger partial charge in [-0.3, -0.25) is 4.79 Å². The largest absolute Gasteiger partial charge is 0.482 e. The molecule has 1 amide bonds. The number of benzene rings is 2. The summed E-state index contributed by atoms with van der Waals surface area (Å²) < 4.78 is 10.0. The second-order valence-corrected chi connectivity index (χ2v) is 5.02. The van der Waals surface area contributed by atoms with Gasteiger partial charge in [0.25, 0.3) is 5.91 Å². The monoisotopic (exact) mass is 333 g/mol. The highest BCUT2D eigenvalue weighted by Crippen LogP contribution is 2.16. The van der Waals surface area contributed by atoms with Crippen molar-refractivity contribution in [3.8, 4) is 5.75 Å². The molecule has 0 heterocycles. The smallest absolute Gasteiger partial charge is 0.344 e. The Morgan fingerprint density at radius 2 is 1.70 bits per heavy atom.